The van der Waals surface area contributed by atoms with Gasteiger partial charge in [0.1, 0.15) is 0 Å². The van der Waals surface area contributed by atoms with Crippen LogP contribution < -0.4 is 10.9 Å². The van der Waals surface area contributed by atoms with Gasteiger partial charge in [-0.05, 0) is 32.5 Å². The molecule has 0 aliphatic carbocycles. The molecule has 2 aliphatic heterocycles. The molecule has 8 heteroatoms. The topological polar surface area (TPSA) is 70.5 Å². The number of amides is 1. The zero-order valence-electron chi connectivity index (χ0n) is 16.4. The molecule has 2 aromatic rings. The molecule has 0 spiro atoms. The first-order valence-electron chi connectivity index (χ1n) is 9.73. The van der Waals surface area contributed by atoms with Crippen molar-refractivity contribution in [2.45, 2.75) is 24.9 Å². The van der Waals surface area contributed by atoms with Crippen molar-refractivity contribution in [3.05, 3.63) is 50.8 Å². The van der Waals surface area contributed by atoms with Crippen LogP contribution in [0.3, 0.4) is 0 Å². The van der Waals surface area contributed by atoms with E-state index in [0.29, 0.717) is 24.9 Å². The van der Waals surface area contributed by atoms with Crippen molar-refractivity contribution in [2.24, 2.45) is 5.92 Å². The predicted molar refractivity (Wildman–Crippen MR) is 110 cm³/mol. The number of aromatic nitrogens is 2. The molecular weight excluding hydrogens is 374 g/mol. The van der Waals surface area contributed by atoms with E-state index in [1.807, 2.05) is 35.1 Å². The number of carbonyl (C=O) groups is 1. The van der Waals surface area contributed by atoms with Crippen LogP contribution in [0.4, 0.5) is 0 Å². The standard InChI is InChI=1S/C20H27N5O2S/c1-23(2)11-19(26)21-7-18-15-6-14(17-4-3-5-20(27)25(17)18)8-24(9-15)10-16-12-28-13-22-16/h3-5,12-15,18H,6-11H2,1-2H3,(H,21,26)/t14-,15+,18+/m1/s1. The van der Waals surface area contributed by atoms with Gasteiger partial charge in [0.05, 0.1) is 23.8 Å². The summed E-state index contributed by atoms with van der Waals surface area (Å²) in [5.41, 5.74) is 4.11. The molecule has 1 N–H and O–H groups in total. The first-order valence-corrected chi connectivity index (χ1v) is 10.7. The summed E-state index contributed by atoms with van der Waals surface area (Å²) in [5.74, 6) is 0.678. The van der Waals surface area contributed by atoms with E-state index in [4.69, 9.17) is 0 Å². The van der Waals surface area contributed by atoms with Crippen LogP contribution >= 0.6 is 11.3 Å². The molecule has 0 saturated carbocycles. The molecule has 1 fully saturated rings. The van der Waals surface area contributed by atoms with E-state index in [-0.39, 0.29) is 17.5 Å². The third kappa shape index (κ3) is 4.04. The smallest absolute Gasteiger partial charge is 0.251 e. The summed E-state index contributed by atoms with van der Waals surface area (Å²) in [5, 5.41) is 5.14. The van der Waals surface area contributed by atoms with Gasteiger partial charge in [0.25, 0.3) is 5.56 Å². The first kappa shape index (κ1) is 19.3. The maximum Gasteiger partial charge on any atom is 0.251 e. The van der Waals surface area contributed by atoms with Crippen LogP contribution in [0.5, 0.6) is 0 Å². The van der Waals surface area contributed by atoms with Gasteiger partial charge in [-0.15, -0.1) is 11.3 Å². The third-order valence-corrected chi connectivity index (χ3v) is 6.35. The summed E-state index contributed by atoms with van der Waals surface area (Å²) >= 11 is 1.62. The summed E-state index contributed by atoms with van der Waals surface area (Å²) < 4.78 is 1.94. The molecule has 4 rings (SSSR count). The highest BCUT2D eigenvalue weighted by atomic mass is 32.1. The van der Waals surface area contributed by atoms with Gasteiger partial charge in [-0.2, -0.15) is 0 Å². The highest BCUT2D eigenvalue weighted by molar-refractivity contribution is 7.07. The second-order valence-corrected chi connectivity index (χ2v) is 8.85. The summed E-state index contributed by atoms with van der Waals surface area (Å²) in [4.78, 5) is 33.6. The van der Waals surface area contributed by atoms with E-state index in [1.165, 1.54) is 0 Å². The minimum atomic E-state index is -0.00991. The molecule has 0 radical (unpaired) electrons. The second-order valence-electron chi connectivity index (χ2n) is 8.13. The number of fused-ring (bicyclic) bond motifs is 4. The van der Waals surface area contributed by atoms with Crippen LogP contribution in [0.1, 0.15) is 29.8 Å². The van der Waals surface area contributed by atoms with Crippen molar-refractivity contribution in [3.8, 4) is 0 Å². The zero-order chi connectivity index (χ0) is 19.7. The normalized spacial score (nSPS) is 24.2. The molecule has 0 aromatic carbocycles. The number of hydrogen-bond acceptors (Lipinski definition) is 6. The Morgan fingerprint density at radius 2 is 2.21 bits per heavy atom. The number of thiazole rings is 1. The van der Waals surface area contributed by atoms with Gasteiger partial charge in [-0.1, -0.05) is 6.07 Å². The minimum absolute atomic E-state index is 0.00667. The molecule has 2 aromatic heterocycles. The Hall–Kier alpha value is -2.03. The van der Waals surface area contributed by atoms with Crippen LogP contribution in [0.2, 0.25) is 0 Å². The van der Waals surface area contributed by atoms with E-state index in [2.05, 4.69) is 26.6 Å². The average molecular weight is 402 g/mol. The van der Waals surface area contributed by atoms with E-state index in [9.17, 15) is 9.59 Å². The largest absolute Gasteiger partial charge is 0.353 e. The van der Waals surface area contributed by atoms with Crippen molar-refractivity contribution >= 4 is 17.2 Å². The SMILES string of the molecule is CN(C)CC(=O)NC[C@H]1[C@H]2C[C@H](CN(Cc3cscn3)C2)c2cccc(=O)n21. The summed E-state index contributed by atoms with van der Waals surface area (Å²) in [6.45, 7) is 3.55. The van der Waals surface area contributed by atoms with Gasteiger partial charge in [-0.25, -0.2) is 4.98 Å². The Balaban J connectivity index is 1.57. The van der Waals surface area contributed by atoms with E-state index >= 15 is 0 Å². The number of rotatable bonds is 6. The molecule has 4 heterocycles. The van der Waals surface area contributed by atoms with Gasteiger partial charge in [0.15, 0.2) is 0 Å². The molecule has 2 aliphatic rings. The molecule has 150 valence electrons. The quantitative estimate of drug-likeness (QED) is 0.786. The van der Waals surface area contributed by atoms with Crippen LogP contribution in [0.15, 0.2) is 33.9 Å². The lowest BCUT2D eigenvalue weighted by atomic mass is 9.78. The number of carbonyl (C=O) groups excluding carboxylic acids is 1. The van der Waals surface area contributed by atoms with Crippen molar-refractivity contribution < 1.29 is 4.79 Å². The zero-order valence-corrected chi connectivity index (χ0v) is 17.2. The molecular formula is C20H27N5O2S. The van der Waals surface area contributed by atoms with Crippen molar-refractivity contribution in [1.29, 1.82) is 0 Å². The van der Waals surface area contributed by atoms with Gasteiger partial charge in [0.2, 0.25) is 5.91 Å². The predicted octanol–water partition coefficient (Wildman–Crippen LogP) is 1.14. The highest BCUT2D eigenvalue weighted by Crippen LogP contribution is 2.41. The number of likely N-dealkylation sites (tertiary alicyclic amines) is 1. The Bertz CT molecular complexity index is 879. The van der Waals surface area contributed by atoms with E-state index in [0.717, 1.165) is 37.4 Å². The molecule has 1 saturated heterocycles. The molecule has 28 heavy (non-hydrogen) atoms. The monoisotopic (exact) mass is 401 g/mol. The Kier molecular flexibility index (Phi) is 5.61. The fourth-order valence-electron chi connectivity index (χ4n) is 4.63. The number of nitrogens with one attached hydrogen (secondary N) is 1. The van der Waals surface area contributed by atoms with Crippen molar-refractivity contribution in [1.82, 2.24) is 24.7 Å². The maximum absolute atomic E-state index is 12.7. The molecule has 3 atom stereocenters. The summed E-state index contributed by atoms with van der Waals surface area (Å²) in [7, 11) is 3.75. The Labute approximate surface area is 169 Å². The number of hydrogen-bond donors (Lipinski definition) is 1. The highest BCUT2D eigenvalue weighted by Gasteiger charge is 2.40. The summed E-state index contributed by atoms with van der Waals surface area (Å²) in [6, 6.07) is 5.55. The fraction of sp³-hybridized carbons (Fsp3) is 0.550. The van der Waals surface area contributed by atoms with Gasteiger partial charge in [0, 0.05) is 49.2 Å². The second kappa shape index (κ2) is 8.14. The lowest BCUT2D eigenvalue weighted by molar-refractivity contribution is -0.122. The van der Waals surface area contributed by atoms with Crippen molar-refractivity contribution in [2.75, 3.05) is 40.3 Å². The van der Waals surface area contributed by atoms with E-state index in [1.54, 1.807) is 17.4 Å². The number of pyridine rings is 1. The Morgan fingerprint density at radius 1 is 1.36 bits per heavy atom. The molecule has 7 nitrogen and oxygen atoms in total. The number of nitrogens with zero attached hydrogens (tertiary/aromatic N) is 4. The van der Waals surface area contributed by atoms with Crippen LogP contribution in [-0.2, 0) is 11.3 Å². The van der Waals surface area contributed by atoms with Crippen LogP contribution in [0, 0.1) is 5.92 Å². The lowest BCUT2D eigenvalue weighted by Gasteiger charge is -2.47. The van der Waals surface area contributed by atoms with E-state index < -0.39 is 0 Å². The summed E-state index contributed by atoms with van der Waals surface area (Å²) in [6.07, 6.45) is 1.06. The first-order chi connectivity index (χ1) is 13.5. The third-order valence-electron chi connectivity index (χ3n) is 5.71. The van der Waals surface area contributed by atoms with Gasteiger partial charge < -0.3 is 14.8 Å². The molecule has 0 unspecified atom stereocenters. The molecule has 1 amide bonds. The number of piperidine rings is 1. The lowest BCUT2D eigenvalue weighted by Crippen LogP contribution is -2.52. The van der Waals surface area contributed by atoms with Crippen LogP contribution in [0.25, 0.3) is 0 Å². The van der Waals surface area contributed by atoms with Crippen molar-refractivity contribution in [3.63, 3.8) is 0 Å². The number of likely N-dealkylation sites (N-methyl/N-ethyl adjacent to an activating group) is 1. The van der Waals surface area contributed by atoms with Gasteiger partial charge in [-0.3, -0.25) is 14.5 Å². The van der Waals surface area contributed by atoms with Crippen LogP contribution in [-0.4, -0.2) is 65.5 Å². The maximum atomic E-state index is 12.7. The minimum Gasteiger partial charge on any atom is -0.353 e. The Morgan fingerprint density at radius 3 is 2.96 bits per heavy atom. The molecule has 2 bridgehead atoms. The van der Waals surface area contributed by atoms with Gasteiger partial charge >= 0.3 is 0 Å². The fourth-order valence-corrected chi connectivity index (χ4v) is 5.18. The average Bonchev–Trinajstić information content (AvgIpc) is 3.14.